The van der Waals surface area contributed by atoms with Crippen LogP contribution in [0.25, 0.3) is 0 Å². The maximum absolute atomic E-state index is 12.0. The maximum atomic E-state index is 12.0. The van der Waals surface area contributed by atoms with Gasteiger partial charge in [-0.1, -0.05) is 13.3 Å². The standard InChI is InChI=1S/C14H30N2O2/c1-7-9-10-16(6)12(3)11-14(4,15-5)13(17)18-8-2/h12,15H,7-11H2,1-6H3. The number of unbranched alkanes of at least 4 members (excludes halogenated alkanes) is 1. The predicted molar refractivity (Wildman–Crippen MR) is 75.7 cm³/mol. The zero-order chi connectivity index (χ0) is 14.2. The summed E-state index contributed by atoms with van der Waals surface area (Å²) in [5.74, 6) is -0.164. The number of carbonyl (C=O) groups excluding carboxylic acids is 1. The fourth-order valence-corrected chi connectivity index (χ4v) is 1.95. The highest BCUT2D eigenvalue weighted by Gasteiger charge is 2.35. The lowest BCUT2D eigenvalue weighted by molar-refractivity contribution is -0.151. The Kier molecular flexibility index (Phi) is 8.20. The van der Waals surface area contributed by atoms with Crippen LogP contribution >= 0.6 is 0 Å². The van der Waals surface area contributed by atoms with E-state index in [1.807, 2.05) is 20.9 Å². The van der Waals surface area contributed by atoms with Gasteiger partial charge in [-0.3, -0.25) is 4.79 Å². The SMILES string of the molecule is CCCCN(C)C(C)CC(C)(NC)C(=O)OCC. The first-order valence-corrected chi connectivity index (χ1v) is 6.97. The van der Waals surface area contributed by atoms with E-state index >= 15 is 0 Å². The molecular formula is C14H30N2O2. The Labute approximate surface area is 112 Å². The van der Waals surface area contributed by atoms with Gasteiger partial charge in [0, 0.05) is 6.04 Å². The molecular weight excluding hydrogens is 228 g/mol. The van der Waals surface area contributed by atoms with Crippen LogP contribution in [0.3, 0.4) is 0 Å². The summed E-state index contributed by atoms with van der Waals surface area (Å²) in [6.45, 7) is 9.59. The van der Waals surface area contributed by atoms with Crippen molar-refractivity contribution in [2.24, 2.45) is 0 Å². The second-order valence-corrected chi connectivity index (χ2v) is 5.19. The van der Waals surface area contributed by atoms with Gasteiger partial charge in [0.15, 0.2) is 0 Å². The number of likely N-dealkylation sites (N-methyl/N-ethyl adjacent to an activating group) is 1. The average molecular weight is 258 g/mol. The van der Waals surface area contributed by atoms with Gasteiger partial charge < -0.3 is 15.0 Å². The number of ether oxygens (including phenoxy) is 1. The van der Waals surface area contributed by atoms with E-state index in [9.17, 15) is 4.79 Å². The largest absolute Gasteiger partial charge is 0.465 e. The molecule has 1 N–H and O–H groups in total. The van der Waals surface area contributed by atoms with E-state index in [1.54, 1.807) is 0 Å². The van der Waals surface area contributed by atoms with Crippen molar-refractivity contribution in [1.82, 2.24) is 10.2 Å². The molecule has 0 amide bonds. The summed E-state index contributed by atoms with van der Waals surface area (Å²) >= 11 is 0. The molecule has 108 valence electrons. The minimum absolute atomic E-state index is 0.164. The fourth-order valence-electron chi connectivity index (χ4n) is 1.95. The van der Waals surface area contributed by atoms with Gasteiger partial charge in [0.25, 0.3) is 0 Å². The number of nitrogens with one attached hydrogen (secondary N) is 1. The van der Waals surface area contributed by atoms with Gasteiger partial charge >= 0.3 is 5.97 Å². The van der Waals surface area contributed by atoms with Gasteiger partial charge in [-0.25, -0.2) is 0 Å². The van der Waals surface area contributed by atoms with Crippen LogP contribution < -0.4 is 5.32 Å². The molecule has 0 aliphatic heterocycles. The molecule has 18 heavy (non-hydrogen) atoms. The molecule has 2 atom stereocenters. The Morgan fingerprint density at radius 1 is 1.44 bits per heavy atom. The number of carbonyl (C=O) groups is 1. The molecule has 0 saturated heterocycles. The van der Waals surface area contributed by atoms with E-state index < -0.39 is 5.54 Å². The Balaban J connectivity index is 4.46. The molecule has 0 bridgehead atoms. The number of nitrogens with zero attached hydrogens (tertiary/aromatic N) is 1. The molecule has 0 spiro atoms. The van der Waals surface area contributed by atoms with E-state index in [0.29, 0.717) is 12.6 Å². The second-order valence-electron chi connectivity index (χ2n) is 5.19. The first-order valence-electron chi connectivity index (χ1n) is 6.97. The molecule has 0 rings (SSSR count). The molecule has 0 aliphatic rings. The zero-order valence-corrected chi connectivity index (χ0v) is 12.9. The third-order valence-electron chi connectivity index (χ3n) is 3.60. The third kappa shape index (κ3) is 5.36. The zero-order valence-electron chi connectivity index (χ0n) is 12.9. The van der Waals surface area contributed by atoms with Gasteiger partial charge in [0.2, 0.25) is 0 Å². The van der Waals surface area contributed by atoms with Crippen molar-refractivity contribution >= 4 is 5.97 Å². The molecule has 0 aromatic rings. The predicted octanol–water partition coefficient (Wildman–Crippen LogP) is 2.04. The highest BCUT2D eigenvalue weighted by Crippen LogP contribution is 2.17. The van der Waals surface area contributed by atoms with E-state index in [0.717, 1.165) is 13.0 Å². The lowest BCUT2D eigenvalue weighted by Crippen LogP contribution is -2.52. The van der Waals surface area contributed by atoms with Gasteiger partial charge in [-0.05, 0) is 54.3 Å². The third-order valence-corrected chi connectivity index (χ3v) is 3.60. The highest BCUT2D eigenvalue weighted by atomic mass is 16.5. The number of hydrogen-bond acceptors (Lipinski definition) is 4. The highest BCUT2D eigenvalue weighted by molar-refractivity contribution is 5.80. The molecule has 0 aliphatic carbocycles. The summed E-state index contributed by atoms with van der Waals surface area (Å²) in [5.41, 5.74) is -0.601. The number of esters is 1. The molecule has 0 aromatic carbocycles. The quantitative estimate of drug-likeness (QED) is 0.643. The van der Waals surface area contributed by atoms with Gasteiger partial charge in [0.1, 0.15) is 5.54 Å². The van der Waals surface area contributed by atoms with E-state index in [1.165, 1.54) is 12.8 Å². The Hall–Kier alpha value is -0.610. The number of hydrogen-bond donors (Lipinski definition) is 1. The average Bonchev–Trinajstić information content (AvgIpc) is 2.35. The summed E-state index contributed by atoms with van der Waals surface area (Å²) in [7, 11) is 3.93. The van der Waals surface area contributed by atoms with Crippen LogP contribution in [0.1, 0.15) is 47.0 Å². The lowest BCUT2D eigenvalue weighted by Gasteiger charge is -2.33. The van der Waals surface area contributed by atoms with Crippen molar-refractivity contribution in [2.75, 3.05) is 27.2 Å². The van der Waals surface area contributed by atoms with Gasteiger partial charge in [-0.15, -0.1) is 0 Å². The maximum Gasteiger partial charge on any atom is 0.326 e. The van der Waals surface area contributed by atoms with Crippen molar-refractivity contribution in [3.63, 3.8) is 0 Å². The molecule has 0 fully saturated rings. The summed E-state index contributed by atoms with van der Waals surface area (Å²) in [6.07, 6.45) is 3.14. The second kappa shape index (κ2) is 8.48. The van der Waals surface area contributed by atoms with Crippen LogP contribution in [0.4, 0.5) is 0 Å². The van der Waals surface area contributed by atoms with E-state index in [2.05, 4.69) is 31.1 Å². The Morgan fingerprint density at radius 2 is 2.06 bits per heavy atom. The van der Waals surface area contributed by atoms with Crippen LogP contribution in [-0.4, -0.2) is 49.7 Å². The monoisotopic (exact) mass is 258 g/mol. The van der Waals surface area contributed by atoms with Crippen molar-refractivity contribution in [3.8, 4) is 0 Å². The molecule has 0 aromatic heterocycles. The summed E-state index contributed by atoms with van der Waals surface area (Å²) in [4.78, 5) is 14.3. The normalized spacial score (nSPS) is 16.4. The minimum atomic E-state index is -0.601. The molecule has 4 heteroatoms. The molecule has 0 saturated carbocycles. The first kappa shape index (κ1) is 17.4. The van der Waals surface area contributed by atoms with E-state index in [4.69, 9.17) is 4.74 Å². The van der Waals surface area contributed by atoms with Crippen molar-refractivity contribution in [3.05, 3.63) is 0 Å². The molecule has 0 heterocycles. The first-order chi connectivity index (χ1) is 8.41. The smallest absolute Gasteiger partial charge is 0.326 e. The molecule has 2 unspecified atom stereocenters. The van der Waals surface area contributed by atoms with Crippen molar-refractivity contribution in [2.45, 2.75) is 58.5 Å². The summed E-state index contributed by atoms with van der Waals surface area (Å²) in [5, 5.41) is 3.10. The van der Waals surface area contributed by atoms with Crippen LogP contribution in [0.2, 0.25) is 0 Å². The summed E-state index contributed by atoms with van der Waals surface area (Å²) in [6, 6.07) is 0.346. The Morgan fingerprint density at radius 3 is 2.50 bits per heavy atom. The van der Waals surface area contributed by atoms with Gasteiger partial charge in [0.05, 0.1) is 6.61 Å². The van der Waals surface area contributed by atoms with Crippen LogP contribution in [0.5, 0.6) is 0 Å². The van der Waals surface area contributed by atoms with Gasteiger partial charge in [-0.2, -0.15) is 0 Å². The molecule has 4 nitrogen and oxygen atoms in total. The molecule has 0 radical (unpaired) electrons. The van der Waals surface area contributed by atoms with Crippen LogP contribution in [0, 0.1) is 0 Å². The number of rotatable bonds is 9. The fraction of sp³-hybridized carbons (Fsp3) is 0.929. The van der Waals surface area contributed by atoms with Crippen LogP contribution in [-0.2, 0) is 9.53 Å². The Bertz CT molecular complexity index is 246. The minimum Gasteiger partial charge on any atom is -0.465 e. The van der Waals surface area contributed by atoms with Crippen molar-refractivity contribution < 1.29 is 9.53 Å². The van der Waals surface area contributed by atoms with E-state index in [-0.39, 0.29) is 5.97 Å². The van der Waals surface area contributed by atoms with Crippen molar-refractivity contribution in [1.29, 1.82) is 0 Å². The lowest BCUT2D eigenvalue weighted by atomic mass is 9.93. The topological polar surface area (TPSA) is 41.6 Å². The van der Waals surface area contributed by atoms with Crippen LogP contribution in [0.15, 0.2) is 0 Å². The summed E-state index contributed by atoms with van der Waals surface area (Å²) < 4.78 is 5.14.